The smallest absolute Gasteiger partial charge is 0.242 e. The van der Waals surface area contributed by atoms with Crippen LogP contribution in [0.2, 0.25) is 0 Å². The number of hydrogen-bond donors (Lipinski definition) is 2. The summed E-state index contributed by atoms with van der Waals surface area (Å²) in [5.74, 6) is 0.876. The molecule has 1 amide bonds. The van der Waals surface area contributed by atoms with Crippen molar-refractivity contribution in [3.05, 3.63) is 30.1 Å². The van der Waals surface area contributed by atoms with E-state index in [4.69, 9.17) is 4.74 Å². The molecule has 0 unspecified atom stereocenters. The summed E-state index contributed by atoms with van der Waals surface area (Å²) >= 11 is 0. The minimum absolute atomic E-state index is 0.0117. The summed E-state index contributed by atoms with van der Waals surface area (Å²) in [4.78, 5) is 21.8. The summed E-state index contributed by atoms with van der Waals surface area (Å²) in [6.45, 7) is 5.70. The second kappa shape index (κ2) is 8.79. The zero-order valence-electron chi connectivity index (χ0n) is 16.9. The quantitative estimate of drug-likeness (QED) is 0.762. The first kappa shape index (κ1) is 20.3. The molecule has 2 N–H and O–H groups in total. The number of amides is 1. The van der Waals surface area contributed by atoms with Crippen molar-refractivity contribution in [2.24, 2.45) is 0 Å². The first-order valence-corrected chi connectivity index (χ1v) is 10.5. The van der Waals surface area contributed by atoms with Gasteiger partial charge in [0.2, 0.25) is 5.91 Å². The van der Waals surface area contributed by atoms with Gasteiger partial charge in [0.05, 0.1) is 42.5 Å². The SMILES string of the molecule is CCc1nc2ccccc2n1CC(=O)N1CC[C@@H](O)[C@@H](O)[C@H](N2CCOCC2)C1. The Labute approximate surface area is 170 Å². The number of aliphatic hydroxyl groups excluding tert-OH is 2. The van der Waals surface area contributed by atoms with Crippen molar-refractivity contribution >= 4 is 16.9 Å². The number of likely N-dealkylation sites (tertiary alicyclic amines) is 1. The lowest BCUT2D eigenvalue weighted by Gasteiger charge is -2.38. The van der Waals surface area contributed by atoms with Crippen LogP contribution in [0.15, 0.2) is 24.3 Å². The third kappa shape index (κ3) is 4.16. The number of nitrogens with zero attached hydrogens (tertiary/aromatic N) is 4. The summed E-state index contributed by atoms with van der Waals surface area (Å²) in [7, 11) is 0. The molecule has 3 heterocycles. The highest BCUT2D eigenvalue weighted by molar-refractivity contribution is 5.81. The van der Waals surface area contributed by atoms with Crippen molar-refractivity contribution in [3.8, 4) is 0 Å². The topological polar surface area (TPSA) is 91.1 Å². The number of rotatable bonds is 4. The number of fused-ring (bicyclic) bond motifs is 1. The molecular formula is C21H30N4O4. The first-order valence-electron chi connectivity index (χ1n) is 10.5. The van der Waals surface area contributed by atoms with Crippen LogP contribution in [0.5, 0.6) is 0 Å². The molecular weight excluding hydrogens is 372 g/mol. The van der Waals surface area contributed by atoms with E-state index < -0.39 is 12.2 Å². The summed E-state index contributed by atoms with van der Waals surface area (Å²) in [6, 6.07) is 7.57. The second-order valence-electron chi connectivity index (χ2n) is 7.86. The van der Waals surface area contributed by atoms with E-state index in [1.165, 1.54) is 0 Å². The van der Waals surface area contributed by atoms with Crippen molar-refractivity contribution < 1.29 is 19.7 Å². The van der Waals surface area contributed by atoms with Crippen LogP contribution in [0.1, 0.15) is 19.2 Å². The highest BCUT2D eigenvalue weighted by Crippen LogP contribution is 2.21. The van der Waals surface area contributed by atoms with E-state index in [1.54, 1.807) is 4.90 Å². The normalized spacial score (nSPS) is 26.6. The number of carbonyl (C=O) groups is 1. The van der Waals surface area contributed by atoms with Gasteiger partial charge in [0.15, 0.2) is 0 Å². The van der Waals surface area contributed by atoms with Gasteiger partial charge in [-0.2, -0.15) is 0 Å². The van der Waals surface area contributed by atoms with E-state index >= 15 is 0 Å². The predicted octanol–water partition coefficient (Wildman–Crippen LogP) is 0.254. The van der Waals surface area contributed by atoms with Crippen LogP contribution in [-0.2, 0) is 22.5 Å². The molecule has 0 saturated carbocycles. The van der Waals surface area contributed by atoms with Gasteiger partial charge in [-0.05, 0) is 18.6 Å². The number of carbonyl (C=O) groups excluding carboxylic acids is 1. The molecule has 2 fully saturated rings. The van der Waals surface area contributed by atoms with Crippen LogP contribution in [-0.4, -0.2) is 93.1 Å². The molecule has 1 aromatic heterocycles. The Balaban J connectivity index is 1.55. The standard InChI is InChI=1S/C21H30N4O4/c1-2-19-22-15-5-3-4-6-16(15)25(19)14-20(27)24-8-7-18(26)21(28)17(13-24)23-9-11-29-12-10-23/h3-6,17-18,21,26,28H,2,7-14H2,1H3/t17-,18-,21+/m1/s1. The molecule has 0 aliphatic carbocycles. The van der Waals surface area contributed by atoms with E-state index in [-0.39, 0.29) is 18.5 Å². The largest absolute Gasteiger partial charge is 0.390 e. The maximum Gasteiger partial charge on any atom is 0.242 e. The molecule has 0 spiro atoms. The Hall–Kier alpha value is -2.00. The van der Waals surface area contributed by atoms with E-state index in [0.29, 0.717) is 45.8 Å². The maximum atomic E-state index is 13.2. The fourth-order valence-corrected chi connectivity index (χ4v) is 4.41. The van der Waals surface area contributed by atoms with Gasteiger partial charge in [-0.1, -0.05) is 19.1 Å². The number of hydrogen-bond acceptors (Lipinski definition) is 6. The Kier molecular flexibility index (Phi) is 6.15. The fraction of sp³-hybridized carbons (Fsp3) is 0.619. The molecule has 2 aliphatic heterocycles. The average molecular weight is 402 g/mol. The van der Waals surface area contributed by atoms with Crippen LogP contribution >= 0.6 is 0 Å². The summed E-state index contributed by atoms with van der Waals surface area (Å²) in [6.07, 6.45) is -0.582. The Morgan fingerprint density at radius 1 is 1.21 bits per heavy atom. The van der Waals surface area contributed by atoms with Gasteiger partial charge in [0.25, 0.3) is 0 Å². The van der Waals surface area contributed by atoms with Gasteiger partial charge in [0.1, 0.15) is 12.4 Å². The van der Waals surface area contributed by atoms with Crippen LogP contribution in [0.25, 0.3) is 11.0 Å². The molecule has 29 heavy (non-hydrogen) atoms. The minimum Gasteiger partial charge on any atom is -0.390 e. The fourth-order valence-electron chi connectivity index (χ4n) is 4.41. The molecule has 8 heteroatoms. The molecule has 158 valence electrons. The van der Waals surface area contributed by atoms with Gasteiger partial charge < -0.3 is 24.4 Å². The van der Waals surface area contributed by atoms with E-state index in [1.807, 2.05) is 35.8 Å². The molecule has 2 aromatic rings. The number of aromatic nitrogens is 2. The third-order valence-electron chi connectivity index (χ3n) is 6.10. The number of aliphatic hydroxyl groups is 2. The van der Waals surface area contributed by atoms with E-state index in [9.17, 15) is 15.0 Å². The lowest BCUT2D eigenvalue weighted by Crippen LogP contribution is -2.55. The summed E-state index contributed by atoms with van der Waals surface area (Å²) < 4.78 is 7.40. The summed E-state index contributed by atoms with van der Waals surface area (Å²) in [5.41, 5.74) is 1.85. The summed E-state index contributed by atoms with van der Waals surface area (Å²) in [5, 5.41) is 21.0. The first-order chi connectivity index (χ1) is 14.1. The number of imidazole rings is 1. The number of aryl methyl sites for hydroxylation is 1. The van der Waals surface area contributed by atoms with Gasteiger partial charge in [-0.15, -0.1) is 0 Å². The highest BCUT2D eigenvalue weighted by Gasteiger charge is 2.37. The van der Waals surface area contributed by atoms with Gasteiger partial charge in [0, 0.05) is 32.6 Å². The highest BCUT2D eigenvalue weighted by atomic mass is 16.5. The minimum atomic E-state index is -0.869. The van der Waals surface area contributed by atoms with E-state index in [2.05, 4.69) is 9.88 Å². The van der Waals surface area contributed by atoms with Crippen molar-refractivity contribution in [1.82, 2.24) is 19.4 Å². The van der Waals surface area contributed by atoms with Gasteiger partial charge >= 0.3 is 0 Å². The van der Waals surface area contributed by atoms with Crippen molar-refractivity contribution in [1.29, 1.82) is 0 Å². The van der Waals surface area contributed by atoms with E-state index in [0.717, 1.165) is 23.3 Å². The molecule has 0 bridgehead atoms. The Bertz CT molecular complexity index is 848. The molecule has 8 nitrogen and oxygen atoms in total. The van der Waals surface area contributed by atoms with Crippen LogP contribution < -0.4 is 0 Å². The maximum absolute atomic E-state index is 13.2. The number of para-hydroxylation sites is 2. The third-order valence-corrected chi connectivity index (χ3v) is 6.10. The molecule has 2 aliphatic rings. The Morgan fingerprint density at radius 3 is 2.72 bits per heavy atom. The van der Waals surface area contributed by atoms with Crippen LogP contribution in [0, 0.1) is 0 Å². The number of ether oxygens (including phenoxy) is 1. The average Bonchev–Trinajstić information content (AvgIpc) is 3.03. The molecule has 0 radical (unpaired) electrons. The second-order valence-corrected chi connectivity index (χ2v) is 7.86. The van der Waals surface area contributed by atoms with Crippen molar-refractivity contribution in [2.75, 3.05) is 39.4 Å². The monoisotopic (exact) mass is 402 g/mol. The van der Waals surface area contributed by atoms with Crippen molar-refractivity contribution in [3.63, 3.8) is 0 Å². The molecule has 1 aromatic carbocycles. The number of benzene rings is 1. The van der Waals surface area contributed by atoms with Crippen LogP contribution in [0.4, 0.5) is 0 Å². The molecule has 3 atom stereocenters. The lowest BCUT2D eigenvalue weighted by atomic mass is 10.0. The Morgan fingerprint density at radius 2 is 1.97 bits per heavy atom. The molecule has 4 rings (SSSR count). The molecule has 2 saturated heterocycles. The number of morpholine rings is 1. The lowest BCUT2D eigenvalue weighted by molar-refractivity contribution is -0.133. The zero-order chi connectivity index (χ0) is 20.4. The predicted molar refractivity (Wildman–Crippen MR) is 109 cm³/mol. The van der Waals surface area contributed by atoms with Gasteiger partial charge in [-0.3, -0.25) is 9.69 Å². The van der Waals surface area contributed by atoms with Crippen LogP contribution in [0.3, 0.4) is 0 Å². The van der Waals surface area contributed by atoms with Gasteiger partial charge in [-0.25, -0.2) is 4.98 Å². The van der Waals surface area contributed by atoms with Crippen molar-refractivity contribution in [2.45, 2.75) is 44.6 Å². The zero-order valence-corrected chi connectivity index (χ0v) is 16.9.